The van der Waals surface area contributed by atoms with Crippen LogP contribution in [0.5, 0.6) is 0 Å². The molecule has 0 aliphatic rings. The molecular weight excluding hydrogens is 230 g/mol. The summed E-state index contributed by atoms with van der Waals surface area (Å²) in [4.78, 5) is 16.0. The van der Waals surface area contributed by atoms with Gasteiger partial charge in [-0.15, -0.1) is 0 Å². The van der Waals surface area contributed by atoms with Gasteiger partial charge in [0.2, 0.25) is 0 Å². The van der Waals surface area contributed by atoms with E-state index < -0.39 is 0 Å². The second-order valence-corrected chi connectivity index (χ2v) is 3.81. The van der Waals surface area contributed by atoms with Crippen molar-refractivity contribution < 1.29 is 4.79 Å². The number of nitrogens with zero attached hydrogens (tertiary/aromatic N) is 2. The molecule has 1 aromatic heterocycles. The van der Waals surface area contributed by atoms with Crippen molar-refractivity contribution in [1.29, 1.82) is 0 Å². The van der Waals surface area contributed by atoms with Crippen molar-refractivity contribution in [1.82, 2.24) is 20.5 Å². The molecule has 0 aliphatic heterocycles. The van der Waals surface area contributed by atoms with Gasteiger partial charge in [-0.05, 0) is 24.6 Å². The fourth-order valence-electron chi connectivity index (χ4n) is 1.69. The van der Waals surface area contributed by atoms with E-state index in [0.29, 0.717) is 30.9 Å². The first-order valence-corrected chi connectivity index (χ1v) is 5.71. The van der Waals surface area contributed by atoms with Crippen molar-refractivity contribution in [3.05, 3.63) is 47.5 Å². The molecule has 0 spiro atoms. The Bertz CT molecular complexity index is 509. The summed E-state index contributed by atoms with van der Waals surface area (Å²) in [6, 6.07) is 7.44. The van der Waals surface area contributed by atoms with Crippen LogP contribution in [0, 0.1) is 0 Å². The molecule has 0 bridgehead atoms. The minimum atomic E-state index is -0.129. The van der Waals surface area contributed by atoms with E-state index in [1.807, 2.05) is 18.2 Å². The number of benzene rings is 1. The second kappa shape index (κ2) is 5.92. The fourth-order valence-corrected chi connectivity index (χ4v) is 1.69. The third-order valence-corrected chi connectivity index (χ3v) is 2.56. The first kappa shape index (κ1) is 12.3. The first-order chi connectivity index (χ1) is 8.81. The summed E-state index contributed by atoms with van der Waals surface area (Å²) >= 11 is 0. The van der Waals surface area contributed by atoms with Gasteiger partial charge in [0.05, 0.1) is 6.54 Å². The molecule has 94 valence electrons. The molecule has 0 saturated heterocycles. The van der Waals surface area contributed by atoms with Crippen LogP contribution in [0.15, 0.2) is 30.6 Å². The highest BCUT2D eigenvalue weighted by Gasteiger charge is 2.10. The van der Waals surface area contributed by atoms with Gasteiger partial charge in [-0.3, -0.25) is 9.89 Å². The smallest absolute Gasteiger partial charge is 0.251 e. The minimum Gasteiger partial charge on any atom is -0.345 e. The number of carbonyl (C=O) groups excluding carboxylic acids is 1. The molecule has 0 radical (unpaired) electrons. The van der Waals surface area contributed by atoms with E-state index in [1.54, 1.807) is 6.07 Å². The Morgan fingerprint density at radius 3 is 2.94 bits per heavy atom. The molecule has 0 unspecified atom stereocenters. The third kappa shape index (κ3) is 2.92. The van der Waals surface area contributed by atoms with Gasteiger partial charge in [0.1, 0.15) is 12.2 Å². The average molecular weight is 245 g/mol. The zero-order valence-electron chi connectivity index (χ0n) is 9.89. The van der Waals surface area contributed by atoms with Gasteiger partial charge in [-0.2, -0.15) is 5.10 Å². The lowest BCUT2D eigenvalue weighted by Crippen LogP contribution is -2.25. The zero-order chi connectivity index (χ0) is 12.8. The van der Waals surface area contributed by atoms with Crippen LogP contribution in [0.25, 0.3) is 0 Å². The Labute approximate surface area is 105 Å². The van der Waals surface area contributed by atoms with Crippen molar-refractivity contribution in [3.63, 3.8) is 0 Å². The van der Waals surface area contributed by atoms with Gasteiger partial charge in [0.15, 0.2) is 0 Å². The van der Waals surface area contributed by atoms with Gasteiger partial charge >= 0.3 is 0 Å². The number of nitrogens with one attached hydrogen (secondary N) is 2. The van der Waals surface area contributed by atoms with Crippen molar-refractivity contribution >= 4 is 5.91 Å². The molecule has 6 heteroatoms. The van der Waals surface area contributed by atoms with E-state index in [0.717, 1.165) is 5.56 Å². The first-order valence-electron chi connectivity index (χ1n) is 5.71. The lowest BCUT2D eigenvalue weighted by atomic mass is 10.0. The summed E-state index contributed by atoms with van der Waals surface area (Å²) < 4.78 is 0. The molecule has 0 fully saturated rings. The van der Waals surface area contributed by atoms with Crippen molar-refractivity contribution in [2.24, 2.45) is 5.73 Å². The monoisotopic (exact) mass is 245 g/mol. The maximum atomic E-state index is 12.0. The van der Waals surface area contributed by atoms with E-state index in [4.69, 9.17) is 5.73 Å². The van der Waals surface area contributed by atoms with Gasteiger partial charge < -0.3 is 11.1 Å². The molecule has 0 aliphatic carbocycles. The Kier molecular flexibility index (Phi) is 4.03. The Balaban J connectivity index is 2.04. The van der Waals surface area contributed by atoms with Gasteiger partial charge in [-0.1, -0.05) is 18.2 Å². The zero-order valence-corrected chi connectivity index (χ0v) is 9.89. The highest BCUT2D eigenvalue weighted by Crippen LogP contribution is 2.09. The Morgan fingerprint density at radius 1 is 1.39 bits per heavy atom. The number of hydrogen-bond acceptors (Lipinski definition) is 4. The molecular formula is C12H15N5O. The summed E-state index contributed by atoms with van der Waals surface area (Å²) in [7, 11) is 0. The number of hydrogen-bond donors (Lipinski definition) is 3. The minimum absolute atomic E-state index is 0.129. The number of aromatic nitrogens is 3. The van der Waals surface area contributed by atoms with Crippen LogP contribution in [0.2, 0.25) is 0 Å². The lowest BCUT2D eigenvalue weighted by molar-refractivity contribution is 0.0949. The average Bonchev–Trinajstić information content (AvgIpc) is 2.90. The van der Waals surface area contributed by atoms with Crippen LogP contribution < -0.4 is 11.1 Å². The number of nitrogens with two attached hydrogens (primary N) is 1. The largest absolute Gasteiger partial charge is 0.345 e. The molecule has 1 aromatic carbocycles. The summed E-state index contributed by atoms with van der Waals surface area (Å²) in [6.45, 7) is 0.849. The van der Waals surface area contributed by atoms with Crippen LogP contribution >= 0.6 is 0 Å². The standard InChI is InChI=1S/C12H15N5O/c13-6-5-9-3-1-2-4-10(9)12(18)14-7-11-15-8-16-17-11/h1-4,8H,5-7,13H2,(H,14,18)(H,15,16,17). The quantitative estimate of drug-likeness (QED) is 0.702. The van der Waals surface area contributed by atoms with Crippen molar-refractivity contribution in [2.75, 3.05) is 6.54 Å². The molecule has 1 heterocycles. The SMILES string of the molecule is NCCc1ccccc1C(=O)NCc1ncn[nH]1. The third-order valence-electron chi connectivity index (χ3n) is 2.56. The predicted molar refractivity (Wildman–Crippen MR) is 66.8 cm³/mol. The van der Waals surface area contributed by atoms with Gasteiger partial charge in [0.25, 0.3) is 5.91 Å². The number of rotatable bonds is 5. The number of amides is 1. The second-order valence-electron chi connectivity index (χ2n) is 3.81. The molecule has 0 saturated carbocycles. The summed E-state index contributed by atoms with van der Waals surface area (Å²) in [5, 5.41) is 9.19. The molecule has 2 rings (SSSR count). The maximum absolute atomic E-state index is 12.0. The van der Waals surface area contributed by atoms with E-state index in [9.17, 15) is 4.79 Å². The number of carbonyl (C=O) groups is 1. The van der Waals surface area contributed by atoms with E-state index in [2.05, 4.69) is 20.5 Å². The number of aromatic amines is 1. The van der Waals surface area contributed by atoms with Crippen LogP contribution in [0.3, 0.4) is 0 Å². The van der Waals surface area contributed by atoms with E-state index >= 15 is 0 Å². The molecule has 4 N–H and O–H groups in total. The Hall–Kier alpha value is -2.21. The molecule has 1 amide bonds. The molecule has 2 aromatic rings. The van der Waals surface area contributed by atoms with Crippen LogP contribution in [0.4, 0.5) is 0 Å². The highest BCUT2D eigenvalue weighted by atomic mass is 16.1. The summed E-state index contributed by atoms with van der Waals surface area (Å²) in [5.74, 6) is 0.495. The Morgan fingerprint density at radius 2 is 2.22 bits per heavy atom. The number of H-pyrrole nitrogens is 1. The maximum Gasteiger partial charge on any atom is 0.251 e. The summed E-state index contributed by atoms with van der Waals surface area (Å²) in [6.07, 6.45) is 2.09. The molecule has 0 atom stereocenters. The molecule has 6 nitrogen and oxygen atoms in total. The van der Waals surface area contributed by atoms with E-state index in [1.165, 1.54) is 6.33 Å². The van der Waals surface area contributed by atoms with Crippen LogP contribution in [-0.2, 0) is 13.0 Å². The molecule has 18 heavy (non-hydrogen) atoms. The van der Waals surface area contributed by atoms with Crippen molar-refractivity contribution in [2.45, 2.75) is 13.0 Å². The highest BCUT2D eigenvalue weighted by molar-refractivity contribution is 5.95. The van der Waals surface area contributed by atoms with Gasteiger partial charge in [0, 0.05) is 5.56 Å². The normalized spacial score (nSPS) is 10.3. The van der Waals surface area contributed by atoms with Gasteiger partial charge in [-0.25, -0.2) is 4.98 Å². The fraction of sp³-hybridized carbons (Fsp3) is 0.250. The predicted octanol–water partition coefficient (Wildman–Crippen LogP) is 0.236. The van der Waals surface area contributed by atoms with Crippen LogP contribution in [0.1, 0.15) is 21.7 Å². The lowest BCUT2D eigenvalue weighted by Gasteiger charge is -2.08. The van der Waals surface area contributed by atoms with Crippen LogP contribution in [-0.4, -0.2) is 27.6 Å². The van der Waals surface area contributed by atoms with Crippen molar-refractivity contribution in [3.8, 4) is 0 Å². The summed E-state index contributed by atoms with van der Waals surface area (Å²) in [5.41, 5.74) is 7.13. The topological polar surface area (TPSA) is 96.7 Å². The van der Waals surface area contributed by atoms with E-state index in [-0.39, 0.29) is 5.91 Å².